The van der Waals surface area contributed by atoms with E-state index in [1.807, 2.05) is 0 Å². The zero-order chi connectivity index (χ0) is 23.3. The summed E-state index contributed by atoms with van der Waals surface area (Å²) in [6.45, 7) is 1.08. The Hall–Kier alpha value is -3.19. The normalized spacial score (nSPS) is 20.6. The Morgan fingerprint density at radius 2 is 1.84 bits per heavy atom. The molecule has 13 heteroatoms. The third-order valence-electron chi connectivity index (χ3n) is 4.27. The van der Waals surface area contributed by atoms with Gasteiger partial charge in [0.2, 0.25) is 5.91 Å². The zero-order valence-corrected chi connectivity index (χ0v) is 16.4. The Morgan fingerprint density at radius 3 is 2.29 bits per heavy atom. The Labute approximate surface area is 174 Å². The van der Waals surface area contributed by atoms with E-state index in [0.717, 1.165) is 19.1 Å². The van der Waals surface area contributed by atoms with Crippen molar-refractivity contribution in [3.8, 4) is 11.4 Å². The van der Waals surface area contributed by atoms with Gasteiger partial charge in [-0.25, -0.2) is 9.67 Å². The summed E-state index contributed by atoms with van der Waals surface area (Å²) in [5, 5.41) is 21.6. The summed E-state index contributed by atoms with van der Waals surface area (Å²) in [4.78, 5) is 24.5. The number of aliphatic carboxylic acids is 1. The molecule has 0 aliphatic heterocycles. The molecule has 1 aromatic carbocycles. The molecule has 1 saturated carbocycles. The summed E-state index contributed by atoms with van der Waals surface area (Å²) >= 11 is 0. The van der Waals surface area contributed by atoms with Gasteiger partial charge >= 0.3 is 6.36 Å². The molecule has 0 unspecified atom stereocenters. The quantitative estimate of drug-likeness (QED) is 0.525. The van der Waals surface area contributed by atoms with Crippen LogP contribution in [0.3, 0.4) is 0 Å². The van der Waals surface area contributed by atoms with Crippen LogP contribution in [0.1, 0.15) is 37.3 Å². The topological polar surface area (TPSA) is 167 Å². The van der Waals surface area contributed by atoms with Gasteiger partial charge in [-0.2, -0.15) is 5.10 Å². The molecular formula is C18H22F3N5O5. The number of amides is 1. The van der Waals surface area contributed by atoms with Crippen molar-refractivity contribution in [1.82, 2.24) is 14.8 Å². The number of alkyl halides is 3. The fraction of sp³-hybridized carbons (Fsp3) is 0.444. The molecular weight excluding hydrogens is 423 g/mol. The molecule has 0 saturated heterocycles. The molecule has 10 nitrogen and oxygen atoms in total. The maximum atomic E-state index is 12.3. The van der Waals surface area contributed by atoms with Gasteiger partial charge < -0.3 is 26.4 Å². The number of aromatic nitrogens is 3. The average Bonchev–Trinajstić information content (AvgIpc) is 3.17. The zero-order valence-electron chi connectivity index (χ0n) is 16.4. The molecule has 1 fully saturated rings. The van der Waals surface area contributed by atoms with Gasteiger partial charge in [0, 0.05) is 18.9 Å². The molecule has 0 radical (unpaired) electrons. The first kappa shape index (κ1) is 24.1. The highest BCUT2D eigenvalue weighted by Gasteiger charge is 2.35. The van der Waals surface area contributed by atoms with Crippen LogP contribution < -0.4 is 16.2 Å². The minimum absolute atomic E-state index is 0.183. The predicted molar refractivity (Wildman–Crippen MR) is 100 cm³/mol. The molecule has 1 aliphatic carbocycles. The standard InChI is InChI=1S/C16H18F3N5O3.C2H4O2/c17-16(18,19)27-10-3-1-9(2-4-10)24-15(8-5-11(20)12(25)6-8)22-14(23-24)7-13(21)26;1-2(3)4/h1-4,8,11-12,25H,5-7,20H2,(H2,21,26);1H3,(H,3,4)/t8-,11-,12-;/m0./s1. The monoisotopic (exact) mass is 445 g/mol. The molecule has 0 spiro atoms. The van der Waals surface area contributed by atoms with Gasteiger partial charge in [-0.15, -0.1) is 13.2 Å². The van der Waals surface area contributed by atoms with E-state index in [4.69, 9.17) is 21.4 Å². The van der Waals surface area contributed by atoms with Crippen molar-refractivity contribution < 1.29 is 37.7 Å². The molecule has 3 rings (SSSR count). The number of benzene rings is 1. The van der Waals surface area contributed by atoms with Crippen LogP contribution in [-0.4, -0.2) is 55.4 Å². The predicted octanol–water partition coefficient (Wildman–Crippen LogP) is 0.850. The van der Waals surface area contributed by atoms with Gasteiger partial charge in [-0.05, 0) is 37.1 Å². The van der Waals surface area contributed by atoms with E-state index in [9.17, 15) is 23.1 Å². The lowest BCUT2D eigenvalue weighted by atomic mass is 10.1. The molecule has 31 heavy (non-hydrogen) atoms. The Morgan fingerprint density at radius 1 is 1.26 bits per heavy atom. The van der Waals surface area contributed by atoms with Crippen molar-refractivity contribution >= 4 is 11.9 Å². The van der Waals surface area contributed by atoms with Gasteiger partial charge in [-0.3, -0.25) is 9.59 Å². The molecule has 1 aromatic heterocycles. The first-order chi connectivity index (χ1) is 14.4. The fourth-order valence-electron chi connectivity index (χ4n) is 3.10. The number of nitrogens with zero attached hydrogens (tertiary/aromatic N) is 3. The SMILES string of the molecule is CC(=O)O.NC(=O)Cc1nc([C@H]2C[C@H](N)[C@@H](O)C2)n(-c2ccc(OC(F)(F)F)cc2)n1. The lowest BCUT2D eigenvalue weighted by Crippen LogP contribution is -2.28. The highest BCUT2D eigenvalue weighted by atomic mass is 19.4. The van der Waals surface area contributed by atoms with Crippen LogP contribution in [0.15, 0.2) is 24.3 Å². The molecule has 0 bridgehead atoms. The third-order valence-corrected chi connectivity index (χ3v) is 4.27. The number of carboxylic acid groups (broad SMARTS) is 1. The molecule has 170 valence electrons. The number of carboxylic acids is 1. The van der Waals surface area contributed by atoms with Crippen molar-refractivity contribution in [1.29, 1.82) is 0 Å². The van der Waals surface area contributed by atoms with Gasteiger partial charge in [-0.1, -0.05) is 0 Å². The van der Waals surface area contributed by atoms with Crippen LogP contribution in [0.5, 0.6) is 5.75 Å². The second kappa shape index (κ2) is 9.75. The second-order valence-electron chi connectivity index (χ2n) is 6.90. The number of carbonyl (C=O) groups is 2. The molecule has 1 amide bonds. The van der Waals surface area contributed by atoms with Crippen molar-refractivity contribution in [3.63, 3.8) is 0 Å². The van der Waals surface area contributed by atoms with E-state index in [0.29, 0.717) is 24.4 Å². The number of aliphatic hydroxyl groups excluding tert-OH is 1. The summed E-state index contributed by atoms with van der Waals surface area (Å²) in [6, 6.07) is 4.66. The summed E-state index contributed by atoms with van der Waals surface area (Å²) < 4.78 is 42.2. The summed E-state index contributed by atoms with van der Waals surface area (Å²) in [7, 11) is 0. The number of hydrogen-bond acceptors (Lipinski definition) is 7. The van der Waals surface area contributed by atoms with E-state index < -0.39 is 30.4 Å². The summed E-state index contributed by atoms with van der Waals surface area (Å²) in [5.74, 6) is -1.39. The largest absolute Gasteiger partial charge is 0.573 e. The number of nitrogens with two attached hydrogens (primary N) is 2. The van der Waals surface area contributed by atoms with Gasteiger partial charge in [0.25, 0.3) is 5.97 Å². The first-order valence-electron chi connectivity index (χ1n) is 9.09. The smallest absolute Gasteiger partial charge is 0.481 e. The molecule has 3 atom stereocenters. The van der Waals surface area contributed by atoms with Crippen LogP contribution in [0, 0.1) is 0 Å². The summed E-state index contributed by atoms with van der Waals surface area (Å²) in [5.41, 5.74) is 11.5. The lowest BCUT2D eigenvalue weighted by Gasteiger charge is -2.12. The van der Waals surface area contributed by atoms with Crippen molar-refractivity contribution in [3.05, 3.63) is 35.9 Å². The number of aliphatic hydroxyl groups is 1. The van der Waals surface area contributed by atoms with Crippen LogP contribution in [-0.2, 0) is 16.0 Å². The van der Waals surface area contributed by atoms with Gasteiger partial charge in [0.05, 0.1) is 18.2 Å². The van der Waals surface area contributed by atoms with E-state index in [2.05, 4.69) is 14.8 Å². The first-order valence-corrected chi connectivity index (χ1v) is 9.09. The third kappa shape index (κ3) is 7.22. The van der Waals surface area contributed by atoms with E-state index in [1.54, 1.807) is 0 Å². The minimum Gasteiger partial charge on any atom is -0.481 e. The Kier molecular flexibility index (Phi) is 7.57. The van der Waals surface area contributed by atoms with Crippen LogP contribution >= 0.6 is 0 Å². The summed E-state index contributed by atoms with van der Waals surface area (Å²) in [6.07, 6.45) is -4.83. The van der Waals surface area contributed by atoms with Crippen LogP contribution in [0.25, 0.3) is 5.69 Å². The average molecular weight is 445 g/mol. The molecule has 2 aromatic rings. The van der Waals surface area contributed by atoms with Gasteiger partial charge in [0.1, 0.15) is 11.6 Å². The van der Waals surface area contributed by atoms with Crippen LogP contribution in [0.2, 0.25) is 0 Å². The fourth-order valence-corrected chi connectivity index (χ4v) is 3.10. The number of ether oxygens (including phenoxy) is 1. The number of primary amides is 1. The van der Waals surface area contributed by atoms with Crippen molar-refractivity contribution in [2.75, 3.05) is 0 Å². The number of rotatable bonds is 5. The van der Waals surface area contributed by atoms with E-state index >= 15 is 0 Å². The molecule has 1 heterocycles. The Bertz CT molecular complexity index is 902. The number of hydrogen-bond donors (Lipinski definition) is 4. The number of halogens is 3. The molecule has 6 N–H and O–H groups in total. The lowest BCUT2D eigenvalue weighted by molar-refractivity contribution is -0.274. The number of carbonyl (C=O) groups excluding carboxylic acids is 1. The van der Waals surface area contributed by atoms with E-state index in [1.165, 1.54) is 16.8 Å². The van der Waals surface area contributed by atoms with Crippen molar-refractivity contribution in [2.45, 2.75) is 50.6 Å². The highest BCUT2D eigenvalue weighted by molar-refractivity contribution is 5.75. The minimum atomic E-state index is -4.79. The van der Waals surface area contributed by atoms with E-state index in [-0.39, 0.29) is 23.9 Å². The maximum Gasteiger partial charge on any atom is 0.573 e. The van der Waals surface area contributed by atoms with Gasteiger partial charge in [0.15, 0.2) is 5.82 Å². The second-order valence-corrected chi connectivity index (χ2v) is 6.90. The highest BCUT2D eigenvalue weighted by Crippen LogP contribution is 2.34. The van der Waals surface area contributed by atoms with Crippen molar-refractivity contribution in [2.24, 2.45) is 11.5 Å². The van der Waals surface area contributed by atoms with Crippen LogP contribution in [0.4, 0.5) is 13.2 Å². The maximum absolute atomic E-state index is 12.3. The molecule has 1 aliphatic rings. The Balaban J connectivity index is 0.000000785.